The number of aliphatic hydroxyl groups is 1. The first-order valence-corrected chi connectivity index (χ1v) is 6.19. The van der Waals surface area contributed by atoms with Gasteiger partial charge in [-0.1, -0.05) is 54.1 Å². The van der Waals surface area contributed by atoms with E-state index in [0.717, 1.165) is 5.56 Å². The third-order valence-electron chi connectivity index (χ3n) is 2.72. The number of hydrogen-bond acceptors (Lipinski definition) is 2. The largest absolute Gasteiger partial charge is 0.383 e. The molecule has 3 heteroatoms. The van der Waals surface area contributed by atoms with Gasteiger partial charge in [-0.15, -0.1) is 0 Å². The van der Waals surface area contributed by atoms with E-state index in [1.165, 1.54) is 0 Å². The highest BCUT2D eigenvalue weighted by Gasteiger charge is 2.11. The zero-order chi connectivity index (χ0) is 13.7. The summed E-state index contributed by atoms with van der Waals surface area (Å²) < 4.78 is 0. The Morgan fingerprint density at radius 1 is 1.11 bits per heavy atom. The Labute approximate surface area is 117 Å². The second kappa shape index (κ2) is 6.19. The SMILES string of the molecule is N#Cc1ccc(C(O)/C(Cl)=C/c2ccccc2)cc1. The first kappa shape index (κ1) is 13.4. The molecular weight excluding hydrogens is 258 g/mol. The quantitative estimate of drug-likeness (QED) is 0.919. The monoisotopic (exact) mass is 269 g/mol. The van der Waals surface area contributed by atoms with Crippen LogP contribution in [0.25, 0.3) is 6.08 Å². The molecule has 0 fully saturated rings. The zero-order valence-corrected chi connectivity index (χ0v) is 10.9. The Kier molecular flexibility index (Phi) is 4.35. The van der Waals surface area contributed by atoms with Gasteiger partial charge in [-0.3, -0.25) is 0 Å². The molecule has 2 aromatic rings. The smallest absolute Gasteiger partial charge is 0.115 e. The Hall–Kier alpha value is -2.08. The van der Waals surface area contributed by atoms with Crippen molar-refractivity contribution in [2.24, 2.45) is 0 Å². The van der Waals surface area contributed by atoms with Crippen LogP contribution in [0.1, 0.15) is 22.8 Å². The Morgan fingerprint density at radius 3 is 2.32 bits per heavy atom. The molecule has 0 aliphatic rings. The number of halogens is 1. The molecule has 2 aromatic carbocycles. The summed E-state index contributed by atoms with van der Waals surface area (Å²) in [5.41, 5.74) is 2.15. The summed E-state index contributed by atoms with van der Waals surface area (Å²) in [5, 5.41) is 19.2. The van der Waals surface area contributed by atoms with Crippen molar-refractivity contribution in [2.45, 2.75) is 6.10 Å². The highest BCUT2D eigenvalue weighted by molar-refractivity contribution is 6.32. The van der Waals surface area contributed by atoms with E-state index in [1.54, 1.807) is 30.3 Å². The highest BCUT2D eigenvalue weighted by Crippen LogP contribution is 2.26. The predicted octanol–water partition coefficient (Wildman–Crippen LogP) is 3.87. The molecule has 0 bridgehead atoms. The van der Waals surface area contributed by atoms with Crippen molar-refractivity contribution in [3.05, 3.63) is 76.3 Å². The van der Waals surface area contributed by atoms with Crippen molar-refractivity contribution in [3.63, 3.8) is 0 Å². The number of nitrogens with zero attached hydrogens (tertiary/aromatic N) is 1. The summed E-state index contributed by atoms with van der Waals surface area (Å²) in [6.07, 6.45) is 0.847. The van der Waals surface area contributed by atoms with Crippen LogP contribution in [0.2, 0.25) is 0 Å². The molecule has 0 aliphatic carbocycles. The van der Waals surface area contributed by atoms with Gasteiger partial charge in [-0.05, 0) is 29.3 Å². The second-order valence-electron chi connectivity index (χ2n) is 4.08. The Morgan fingerprint density at radius 2 is 1.74 bits per heavy atom. The van der Waals surface area contributed by atoms with Crippen LogP contribution in [0.3, 0.4) is 0 Å². The maximum Gasteiger partial charge on any atom is 0.115 e. The fourth-order valence-corrected chi connectivity index (χ4v) is 1.94. The molecule has 0 heterocycles. The average molecular weight is 270 g/mol. The molecule has 1 atom stereocenters. The molecular formula is C16H12ClNO. The van der Waals surface area contributed by atoms with E-state index in [-0.39, 0.29) is 0 Å². The lowest BCUT2D eigenvalue weighted by atomic mass is 10.1. The molecule has 0 aliphatic heterocycles. The fraction of sp³-hybridized carbons (Fsp3) is 0.0625. The molecule has 1 unspecified atom stereocenters. The van der Waals surface area contributed by atoms with E-state index in [0.29, 0.717) is 16.2 Å². The van der Waals surface area contributed by atoms with E-state index < -0.39 is 6.10 Å². The standard InChI is InChI=1S/C16H12ClNO/c17-15(10-12-4-2-1-3-5-12)16(19)14-8-6-13(11-18)7-9-14/h1-10,16,19H/b15-10-. The van der Waals surface area contributed by atoms with Crippen molar-refractivity contribution < 1.29 is 5.11 Å². The first-order valence-electron chi connectivity index (χ1n) is 5.81. The first-order chi connectivity index (χ1) is 9.20. The molecule has 2 nitrogen and oxygen atoms in total. The molecule has 0 spiro atoms. The molecule has 0 radical (unpaired) electrons. The van der Waals surface area contributed by atoms with Crippen LogP contribution in [0.5, 0.6) is 0 Å². The number of rotatable bonds is 3. The maximum absolute atomic E-state index is 10.1. The van der Waals surface area contributed by atoms with Crippen molar-refractivity contribution in [1.82, 2.24) is 0 Å². The molecule has 0 saturated carbocycles. The minimum Gasteiger partial charge on any atom is -0.383 e. The molecule has 94 valence electrons. The lowest BCUT2D eigenvalue weighted by Crippen LogP contribution is -1.97. The van der Waals surface area contributed by atoms with Gasteiger partial charge in [0.15, 0.2) is 0 Å². The van der Waals surface area contributed by atoms with Gasteiger partial charge in [-0.25, -0.2) is 0 Å². The summed E-state index contributed by atoms with van der Waals surface area (Å²) in [6, 6.07) is 18.3. The molecule has 0 amide bonds. The second-order valence-corrected chi connectivity index (χ2v) is 4.51. The van der Waals surface area contributed by atoms with E-state index in [1.807, 2.05) is 36.4 Å². The lowest BCUT2D eigenvalue weighted by Gasteiger charge is -2.10. The van der Waals surface area contributed by atoms with Gasteiger partial charge in [0.2, 0.25) is 0 Å². The zero-order valence-electron chi connectivity index (χ0n) is 10.1. The van der Waals surface area contributed by atoms with E-state index >= 15 is 0 Å². The average Bonchev–Trinajstić information content (AvgIpc) is 2.47. The summed E-state index contributed by atoms with van der Waals surface area (Å²) in [4.78, 5) is 0. The normalized spacial score (nSPS) is 12.8. The van der Waals surface area contributed by atoms with Gasteiger partial charge in [0, 0.05) is 0 Å². The van der Waals surface area contributed by atoms with Crippen LogP contribution in [0.4, 0.5) is 0 Å². The van der Waals surface area contributed by atoms with Gasteiger partial charge >= 0.3 is 0 Å². The minimum atomic E-state index is -0.880. The third-order valence-corrected chi connectivity index (χ3v) is 3.04. The number of benzene rings is 2. The molecule has 1 N–H and O–H groups in total. The van der Waals surface area contributed by atoms with Crippen LogP contribution < -0.4 is 0 Å². The van der Waals surface area contributed by atoms with Gasteiger partial charge in [-0.2, -0.15) is 5.26 Å². The topological polar surface area (TPSA) is 44.0 Å². The number of hydrogen-bond donors (Lipinski definition) is 1. The number of aliphatic hydroxyl groups excluding tert-OH is 1. The lowest BCUT2D eigenvalue weighted by molar-refractivity contribution is 0.225. The molecule has 0 aromatic heterocycles. The van der Waals surface area contributed by atoms with E-state index in [4.69, 9.17) is 16.9 Å². The van der Waals surface area contributed by atoms with Gasteiger partial charge in [0.05, 0.1) is 16.7 Å². The Bertz CT molecular complexity index is 611. The van der Waals surface area contributed by atoms with Crippen LogP contribution in [0, 0.1) is 11.3 Å². The molecule has 2 rings (SSSR count). The highest BCUT2D eigenvalue weighted by atomic mass is 35.5. The van der Waals surface area contributed by atoms with Crippen molar-refractivity contribution >= 4 is 17.7 Å². The van der Waals surface area contributed by atoms with Crippen molar-refractivity contribution in [1.29, 1.82) is 5.26 Å². The van der Waals surface area contributed by atoms with Crippen LogP contribution in [-0.2, 0) is 0 Å². The summed E-state index contributed by atoms with van der Waals surface area (Å²) in [5.74, 6) is 0. The minimum absolute atomic E-state index is 0.343. The van der Waals surface area contributed by atoms with Crippen LogP contribution in [-0.4, -0.2) is 5.11 Å². The molecule has 19 heavy (non-hydrogen) atoms. The van der Waals surface area contributed by atoms with Gasteiger partial charge in [0.25, 0.3) is 0 Å². The fourth-order valence-electron chi connectivity index (χ4n) is 1.69. The van der Waals surface area contributed by atoms with Crippen LogP contribution >= 0.6 is 11.6 Å². The van der Waals surface area contributed by atoms with E-state index in [2.05, 4.69) is 0 Å². The van der Waals surface area contributed by atoms with Crippen molar-refractivity contribution in [3.8, 4) is 6.07 Å². The molecule has 0 saturated heterocycles. The van der Waals surface area contributed by atoms with Gasteiger partial charge < -0.3 is 5.11 Å². The summed E-state index contributed by atoms with van der Waals surface area (Å²) in [6.45, 7) is 0. The predicted molar refractivity (Wildman–Crippen MR) is 76.4 cm³/mol. The summed E-state index contributed by atoms with van der Waals surface area (Å²) >= 11 is 6.12. The maximum atomic E-state index is 10.1. The Balaban J connectivity index is 2.21. The van der Waals surface area contributed by atoms with Crippen molar-refractivity contribution in [2.75, 3.05) is 0 Å². The number of nitriles is 1. The van der Waals surface area contributed by atoms with Crippen LogP contribution in [0.15, 0.2) is 59.6 Å². The summed E-state index contributed by atoms with van der Waals surface area (Å²) in [7, 11) is 0. The van der Waals surface area contributed by atoms with E-state index in [9.17, 15) is 5.11 Å². The third kappa shape index (κ3) is 3.45. The van der Waals surface area contributed by atoms with Gasteiger partial charge in [0.1, 0.15) is 6.10 Å².